The van der Waals surface area contributed by atoms with Crippen LogP contribution in [0, 0.1) is 20.8 Å². The second kappa shape index (κ2) is 9.70. The molecule has 0 radical (unpaired) electrons. The summed E-state index contributed by atoms with van der Waals surface area (Å²) in [6.45, 7) is 9.44. The zero-order valence-electron chi connectivity index (χ0n) is 19.8. The number of likely N-dealkylation sites (tertiary alicyclic amines) is 1. The summed E-state index contributed by atoms with van der Waals surface area (Å²) in [6.07, 6.45) is 3.54. The van der Waals surface area contributed by atoms with Gasteiger partial charge < -0.3 is 10.5 Å². The minimum absolute atomic E-state index is 0.305. The fourth-order valence-electron chi connectivity index (χ4n) is 4.58. The molecule has 33 heavy (non-hydrogen) atoms. The van der Waals surface area contributed by atoms with Crippen LogP contribution in [-0.4, -0.2) is 50.8 Å². The number of benzene rings is 1. The number of aryl methyl sites for hydroxylation is 3. The van der Waals surface area contributed by atoms with Crippen LogP contribution >= 0.6 is 0 Å². The van der Waals surface area contributed by atoms with E-state index in [0.29, 0.717) is 23.7 Å². The summed E-state index contributed by atoms with van der Waals surface area (Å²) in [7, 11) is 1.71. The van der Waals surface area contributed by atoms with Crippen molar-refractivity contribution in [1.29, 1.82) is 0 Å². The molecule has 2 aromatic heterocycles. The third-order valence-electron chi connectivity index (χ3n) is 6.39. The first-order valence-corrected chi connectivity index (χ1v) is 11.4. The van der Waals surface area contributed by atoms with Gasteiger partial charge in [-0.25, -0.2) is 9.97 Å². The molecule has 4 rings (SSSR count). The van der Waals surface area contributed by atoms with Gasteiger partial charge in [0.25, 0.3) is 5.91 Å². The van der Waals surface area contributed by atoms with E-state index in [2.05, 4.69) is 51.2 Å². The molecule has 8 heteroatoms. The maximum atomic E-state index is 11.4. The van der Waals surface area contributed by atoms with Crippen LogP contribution in [0.1, 0.15) is 63.2 Å². The molecule has 0 unspecified atom stereocenters. The molecule has 0 aliphatic carbocycles. The lowest BCUT2D eigenvalue weighted by Gasteiger charge is -2.31. The predicted octanol–water partition coefficient (Wildman–Crippen LogP) is 3.13. The largest absolute Gasteiger partial charge is 0.496 e. The van der Waals surface area contributed by atoms with Gasteiger partial charge in [-0.1, -0.05) is 6.07 Å². The minimum atomic E-state index is -0.481. The summed E-state index contributed by atoms with van der Waals surface area (Å²) < 4.78 is 7.63. The minimum Gasteiger partial charge on any atom is -0.496 e. The van der Waals surface area contributed by atoms with Gasteiger partial charge in [0.05, 0.1) is 30.6 Å². The highest BCUT2D eigenvalue weighted by Gasteiger charge is 2.24. The molecule has 1 fully saturated rings. The fraction of sp³-hybridized carbons (Fsp3) is 0.440. The van der Waals surface area contributed by atoms with E-state index in [0.717, 1.165) is 61.0 Å². The Morgan fingerprint density at radius 3 is 2.52 bits per heavy atom. The van der Waals surface area contributed by atoms with Crippen LogP contribution < -0.4 is 10.5 Å². The molecule has 0 spiro atoms. The normalized spacial score (nSPS) is 15.0. The van der Waals surface area contributed by atoms with E-state index >= 15 is 0 Å². The Bertz CT molecular complexity index is 1150. The molecule has 8 nitrogen and oxygen atoms in total. The summed E-state index contributed by atoms with van der Waals surface area (Å²) in [5.74, 6) is 1.52. The molecule has 3 heterocycles. The van der Waals surface area contributed by atoms with Crippen molar-refractivity contribution in [2.75, 3.05) is 20.2 Å². The molecule has 1 aliphatic heterocycles. The summed E-state index contributed by atoms with van der Waals surface area (Å²) in [6, 6.07) is 8.52. The van der Waals surface area contributed by atoms with E-state index in [1.54, 1.807) is 13.3 Å². The molecular weight excluding hydrogens is 416 g/mol. The summed E-state index contributed by atoms with van der Waals surface area (Å²) in [5.41, 5.74) is 11.0. The van der Waals surface area contributed by atoms with Gasteiger partial charge in [-0.2, -0.15) is 5.10 Å². The number of nitrogens with two attached hydrogens (primary N) is 1. The number of piperidine rings is 1. The van der Waals surface area contributed by atoms with E-state index in [-0.39, 0.29) is 0 Å². The molecule has 174 valence electrons. The lowest BCUT2D eigenvalue weighted by molar-refractivity contribution is 0.0998. The summed E-state index contributed by atoms with van der Waals surface area (Å²) >= 11 is 0. The maximum Gasteiger partial charge on any atom is 0.252 e. The van der Waals surface area contributed by atoms with Crippen LogP contribution in [0.3, 0.4) is 0 Å². The van der Waals surface area contributed by atoms with Gasteiger partial charge in [-0.05, 0) is 70.5 Å². The van der Waals surface area contributed by atoms with Crippen molar-refractivity contribution in [3.8, 4) is 5.75 Å². The van der Waals surface area contributed by atoms with Gasteiger partial charge in [-0.3, -0.25) is 14.4 Å². The number of amides is 1. The molecule has 1 saturated heterocycles. The standard InChI is InChI=1S/C25H32N6O2/c1-16-11-17(2)31(29-16)15-21-12-19(5-6-23(21)33-4)14-30-9-7-20(8-10-30)25-27-13-22(24(26)32)18(3)28-25/h5-6,11-13,20H,7-10,14-15H2,1-4H3,(H2,26,32). The van der Waals surface area contributed by atoms with Crippen molar-refractivity contribution in [1.82, 2.24) is 24.6 Å². The highest BCUT2D eigenvalue weighted by molar-refractivity contribution is 5.93. The summed E-state index contributed by atoms with van der Waals surface area (Å²) in [5, 5.41) is 4.60. The van der Waals surface area contributed by atoms with Gasteiger partial charge in [0.2, 0.25) is 0 Å². The molecule has 2 N–H and O–H groups in total. The van der Waals surface area contributed by atoms with Gasteiger partial charge >= 0.3 is 0 Å². The molecular formula is C25H32N6O2. The number of methoxy groups -OCH3 is 1. The Kier molecular flexibility index (Phi) is 6.74. The Balaban J connectivity index is 1.40. The first-order chi connectivity index (χ1) is 15.8. The Morgan fingerprint density at radius 1 is 1.15 bits per heavy atom. The number of hydrogen-bond donors (Lipinski definition) is 1. The Labute approximate surface area is 194 Å². The third kappa shape index (κ3) is 5.22. The number of aromatic nitrogens is 4. The van der Waals surface area contributed by atoms with Crippen LogP contribution in [0.4, 0.5) is 0 Å². The first-order valence-electron chi connectivity index (χ1n) is 11.4. The second-order valence-electron chi connectivity index (χ2n) is 8.87. The fourth-order valence-corrected chi connectivity index (χ4v) is 4.58. The van der Waals surface area contributed by atoms with Gasteiger partial charge in [-0.15, -0.1) is 0 Å². The van der Waals surface area contributed by atoms with Crippen molar-refractivity contribution < 1.29 is 9.53 Å². The average Bonchev–Trinajstić information content (AvgIpc) is 3.10. The van der Waals surface area contributed by atoms with E-state index in [9.17, 15) is 4.79 Å². The van der Waals surface area contributed by atoms with Crippen molar-refractivity contribution in [3.05, 3.63) is 70.1 Å². The topological polar surface area (TPSA) is 99.2 Å². The van der Waals surface area contributed by atoms with Gasteiger partial charge in [0.1, 0.15) is 11.6 Å². The number of carbonyl (C=O) groups excluding carboxylic acids is 1. The second-order valence-corrected chi connectivity index (χ2v) is 8.87. The Hall–Kier alpha value is -3.26. The Morgan fingerprint density at radius 2 is 1.91 bits per heavy atom. The van der Waals surface area contributed by atoms with E-state index < -0.39 is 5.91 Å². The van der Waals surface area contributed by atoms with E-state index in [1.807, 2.05) is 18.5 Å². The highest BCUT2D eigenvalue weighted by atomic mass is 16.5. The van der Waals surface area contributed by atoms with Crippen LogP contribution in [0.25, 0.3) is 0 Å². The highest BCUT2D eigenvalue weighted by Crippen LogP contribution is 2.28. The number of rotatable bonds is 7. The van der Waals surface area contributed by atoms with E-state index in [4.69, 9.17) is 10.5 Å². The molecule has 0 atom stereocenters. The third-order valence-corrected chi connectivity index (χ3v) is 6.39. The van der Waals surface area contributed by atoms with Crippen molar-refractivity contribution in [2.24, 2.45) is 5.73 Å². The SMILES string of the molecule is COc1ccc(CN2CCC(c3ncc(C(N)=O)c(C)n3)CC2)cc1Cn1nc(C)cc1C. The molecule has 3 aromatic rings. The molecule has 0 bridgehead atoms. The monoisotopic (exact) mass is 448 g/mol. The van der Waals surface area contributed by atoms with Crippen molar-refractivity contribution in [2.45, 2.75) is 52.6 Å². The predicted molar refractivity (Wildman–Crippen MR) is 126 cm³/mol. The van der Waals surface area contributed by atoms with Crippen LogP contribution in [0.15, 0.2) is 30.5 Å². The zero-order chi connectivity index (χ0) is 23.5. The number of primary amides is 1. The maximum absolute atomic E-state index is 11.4. The van der Waals surface area contributed by atoms with Crippen LogP contribution in [0.5, 0.6) is 5.75 Å². The van der Waals surface area contributed by atoms with Crippen molar-refractivity contribution >= 4 is 5.91 Å². The van der Waals surface area contributed by atoms with Crippen molar-refractivity contribution in [3.63, 3.8) is 0 Å². The number of hydrogen-bond acceptors (Lipinski definition) is 6. The smallest absolute Gasteiger partial charge is 0.252 e. The molecule has 0 saturated carbocycles. The lowest BCUT2D eigenvalue weighted by atomic mass is 9.95. The number of ether oxygens (including phenoxy) is 1. The van der Waals surface area contributed by atoms with Crippen LogP contribution in [-0.2, 0) is 13.1 Å². The van der Waals surface area contributed by atoms with Crippen LogP contribution in [0.2, 0.25) is 0 Å². The van der Waals surface area contributed by atoms with E-state index in [1.165, 1.54) is 5.56 Å². The summed E-state index contributed by atoms with van der Waals surface area (Å²) in [4.78, 5) is 22.9. The number of nitrogens with zero attached hydrogens (tertiary/aromatic N) is 5. The quantitative estimate of drug-likeness (QED) is 0.596. The average molecular weight is 449 g/mol. The first kappa shape index (κ1) is 22.9. The molecule has 1 aromatic carbocycles. The lowest BCUT2D eigenvalue weighted by Crippen LogP contribution is -2.33. The number of carbonyl (C=O) groups is 1. The molecule has 1 amide bonds. The zero-order valence-corrected chi connectivity index (χ0v) is 19.8. The van der Waals surface area contributed by atoms with Gasteiger partial charge in [0.15, 0.2) is 0 Å². The van der Waals surface area contributed by atoms with Gasteiger partial charge in [0, 0.05) is 29.9 Å². The molecule has 1 aliphatic rings.